The topological polar surface area (TPSA) is 90.9 Å². The first kappa shape index (κ1) is 18.5. The maximum Gasteiger partial charge on any atom is 0.338 e. The third-order valence-corrected chi connectivity index (χ3v) is 5.43. The molecule has 0 aliphatic carbocycles. The quantitative estimate of drug-likeness (QED) is 0.753. The molecule has 9 heteroatoms. The summed E-state index contributed by atoms with van der Waals surface area (Å²) < 4.78 is 41.9. The van der Waals surface area contributed by atoms with E-state index in [4.69, 9.17) is 25.8 Å². The van der Waals surface area contributed by atoms with Gasteiger partial charge in [0.1, 0.15) is 6.61 Å². The highest BCUT2D eigenvalue weighted by Gasteiger charge is 2.19. The molecule has 0 atom stereocenters. The Hall–Kier alpha value is -2.29. The van der Waals surface area contributed by atoms with Crippen molar-refractivity contribution < 1.29 is 27.4 Å². The van der Waals surface area contributed by atoms with Crippen molar-refractivity contribution in [3.05, 3.63) is 52.5 Å². The highest BCUT2D eigenvalue weighted by Crippen LogP contribution is 2.39. The van der Waals surface area contributed by atoms with E-state index in [2.05, 4.69) is 4.72 Å². The molecule has 26 heavy (non-hydrogen) atoms. The van der Waals surface area contributed by atoms with Crippen molar-refractivity contribution in [2.75, 3.05) is 13.3 Å². The van der Waals surface area contributed by atoms with Crippen LogP contribution in [0.4, 0.5) is 0 Å². The number of fused-ring (bicyclic) bond motifs is 1. The number of sulfonamides is 1. The van der Waals surface area contributed by atoms with Crippen LogP contribution in [0.25, 0.3) is 0 Å². The number of halogens is 1. The van der Waals surface area contributed by atoms with E-state index in [1.165, 1.54) is 24.3 Å². The molecule has 1 N–H and O–H groups in total. The van der Waals surface area contributed by atoms with E-state index in [1.54, 1.807) is 19.1 Å². The fraction of sp³-hybridized carbons (Fsp3) is 0.235. The van der Waals surface area contributed by atoms with Crippen molar-refractivity contribution in [1.82, 2.24) is 4.72 Å². The van der Waals surface area contributed by atoms with Crippen LogP contribution in [0.15, 0.2) is 41.3 Å². The summed E-state index contributed by atoms with van der Waals surface area (Å²) in [6, 6.07) is 8.83. The van der Waals surface area contributed by atoms with Crippen molar-refractivity contribution in [1.29, 1.82) is 0 Å². The number of hydrogen-bond donors (Lipinski definition) is 1. The summed E-state index contributed by atoms with van der Waals surface area (Å²) in [4.78, 5) is 12.2. The smallest absolute Gasteiger partial charge is 0.338 e. The van der Waals surface area contributed by atoms with Crippen LogP contribution >= 0.6 is 11.6 Å². The van der Waals surface area contributed by atoms with Crippen molar-refractivity contribution in [3.63, 3.8) is 0 Å². The second-order valence-corrected chi connectivity index (χ2v) is 7.59. The normalized spacial score (nSPS) is 12.8. The van der Waals surface area contributed by atoms with Crippen LogP contribution in [-0.4, -0.2) is 27.7 Å². The number of esters is 1. The van der Waals surface area contributed by atoms with Crippen LogP contribution in [0.3, 0.4) is 0 Å². The molecule has 0 amide bonds. The predicted molar refractivity (Wildman–Crippen MR) is 94.0 cm³/mol. The molecule has 0 saturated carbocycles. The molecule has 1 aliphatic rings. The first-order valence-electron chi connectivity index (χ1n) is 7.75. The van der Waals surface area contributed by atoms with Crippen LogP contribution in [0.5, 0.6) is 11.5 Å². The van der Waals surface area contributed by atoms with E-state index in [9.17, 15) is 13.2 Å². The maximum atomic E-state index is 12.1. The Kier molecular flexibility index (Phi) is 5.36. The van der Waals surface area contributed by atoms with Crippen molar-refractivity contribution in [2.24, 2.45) is 0 Å². The zero-order valence-corrected chi connectivity index (χ0v) is 15.4. The van der Waals surface area contributed by atoms with Crippen LogP contribution in [0, 0.1) is 0 Å². The van der Waals surface area contributed by atoms with E-state index in [0.717, 1.165) is 0 Å². The Morgan fingerprint density at radius 1 is 1.23 bits per heavy atom. The Bertz CT molecular complexity index is 927. The highest BCUT2D eigenvalue weighted by atomic mass is 35.5. The average molecular weight is 398 g/mol. The molecule has 7 nitrogen and oxygen atoms in total. The van der Waals surface area contributed by atoms with Crippen LogP contribution in [-0.2, 0) is 21.4 Å². The van der Waals surface area contributed by atoms with Gasteiger partial charge in [-0.1, -0.05) is 18.5 Å². The van der Waals surface area contributed by atoms with Gasteiger partial charge in [0.05, 0.1) is 15.5 Å². The molecule has 1 aliphatic heterocycles. The van der Waals surface area contributed by atoms with Gasteiger partial charge in [-0.3, -0.25) is 0 Å². The summed E-state index contributed by atoms with van der Waals surface area (Å²) in [5, 5.41) is 0.379. The Balaban J connectivity index is 1.66. The van der Waals surface area contributed by atoms with Crippen LogP contribution in [0.1, 0.15) is 22.8 Å². The summed E-state index contributed by atoms with van der Waals surface area (Å²) in [6.07, 6.45) is 0. The fourth-order valence-electron chi connectivity index (χ4n) is 2.38. The molecule has 0 radical (unpaired) electrons. The highest BCUT2D eigenvalue weighted by molar-refractivity contribution is 7.89. The van der Waals surface area contributed by atoms with Gasteiger partial charge in [-0.15, -0.1) is 0 Å². The minimum Gasteiger partial charge on any atom is -0.457 e. The Morgan fingerprint density at radius 3 is 2.65 bits per heavy atom. The summed E-state index contributed by atoms with van der Waals surface area (Å²) >= 11 is 6.08. The minimum atomic E-state index is -3.56. The number of benzene rings is 2. The summed E-state index contributed by atoms with van der Waals surface area (Å²) in [5.41, 5.74) is 0.895. The van der Waals surface area contributed by atoms with Gasteiger partial charge in [0, 0.05) is 6.54 Å². The zero-order valence-electron chi connectivity index (χ0n) is 13.8. The van der Waals surface area contributed by atoms with Gasteiger partial charge < -0.3 is 14.2 Å². The average Bonchev–Trinajstić information content (AvgIpc) is 3.09. The third-order valence-electron chi connectivity index (χ3n) is 3.59. The first-order chi connectivity index (χ1) is 12.4. The number of rotatable bonds is 6. The Morgan fingerprint density at radius 2 is 1.96 bits per heavy atom. The van der Waals surface area contributed by atoms with Crippen molar-refractivity contribution in [3.8, 4) is 11.5 Å². The fourth-order valence-corrected chi connectivity index (χ4v) is 3.71. The largest absolute Gasteiger partial charge is 0.457 e. The van der Waals surface area contributed by atoms with Gasteiger partial charge in [-0.2, -0.15) is 0 Å². The predicted octanol–water partition coefficient (Wildman–Crippen LogP) is 2.72. The number of ether oxygens (including phenoxy) is 3. The van der Waals surface area contributed by atoms with Crippen molar-refractivity contribution in [2.45, 2.75) is 18.4 Å². The minimum absolute atomic E-state index is 0.00731. The SMILES string of the molecule is CCNS(=O)(=O)c1ccc(C(=O)OCc2cc(Cl)c3c(c2)OCO3)cc1. The molecule has 0 bridgehead atoms. The van der Waals surface area contributed by atoms with Gasteiger partial charge in [-0.25, -0.2) is 17.9 Å². The number of nitrogens with one attached hydrogen (secondary N) is 1. The second kappa shape index (κ2) is 7.53. The zero-order chi connectivity index (χ0) is 18.7. The molecule has 0 saturated heterocycles. The van der Waals surface area contributed by atoms with E-state index < -0.39 is 16.0 Å². The van der Waals surface area contributed by atoms with Gasteiger partial charge in [-0.05, 0) is 42.0 Å². The summed E-state index contributed by atoms with van der Waals surface area (Å²) in [6.45, 7) is 2.06. The van der Waals surface area contributed by atoms with E-state index in [-0.39, 0.29) is 30.4 Å². The Labute approximate surface area is 155 Å². The molecule has 0 aromatic heterocycles. The standard InChI is InChI=1S/C17H16ClNO6S/c1-2-19-26(21,22)13-5-3-12(4-6-13)17(20)23-9-11-7-14(18)16-15(8-11)24-10-25-16/h3-8,19H,2,9-10H2,1H3. The van der Waals surface area contributed by atoms with Gasteiger partial charge in [0.15, 0.2) is 11.5 Å². The molecule has 3 rings (SSSR count). The molecular formula is C17H16ClNO6S. The monoisotopic (exact) mass is 397 g/mol. The molecule has 1 heterocycles. The van der Waals surface area contributed by atoms with Crippen molar-refractivity contribution >= 4 is 27.6 Å². The summed E-state index contributed by atoms with van der Waals surface area (Å²) in [5.74, 6) is 0.395. The lowest BCUT2D eigenvalue weighted by Crippen LogP contribution is -2.23. The lowest BCUT2D eigenvalue weighted by molar-refractivity contribution is 0.0472. The number of hydrogen-bond acceptors (Lipinski definition) is 6. The molecule has 2 aromatic rings. The number of carbonyl (C=O) groups is 1. The molecule has 0 unspecified atom stereocenters. The van der Waals surface area contributed by atoms with Crippen LogP contribution in [0.2, 0.25) is 5.02 Å². The third kappa shape index (κ3) is 3.92. The maximum absolute atomic E-state index is 12.1. The van der Waals surface area contributed by atoms with E-state index in [0.29, 0.717) is 22.1 Å². The molecule has 138 valence electrons. The van der Waals surface area contributed by atoms with Gasteiger partial charge in [0.2, 0.25) is 16.8 Å². The lowest BCUT2D eigenvalue weighted by atomic mass is 10.2. The summed E-state index contributed by atoms with van der Waals surface area (Å²) in [7, 11) is -3.56. The van der Waals surface area contributed by atoms with E-state index in [1.807, 2.05) is 0 Å². The lowest BCUT2D eigenvalue weighted by Gasteiger charge is -2.08. The van der Waals surface area contributed by atoms with Gasteiger partial charge >= 0.3 is 5.97 Å². The van der Waals surface area contributed by atoms with Gasteiger partial charge in [0.25, 0.3) is 0 Å². The molecule has 0 fully saturated rings. The first-order valence-corrected chi connectivity index (χ1v) is 9.61. The van der Waals surface area contributed by atoms with Crippen LogP contribution < -0.4 is 14.2 Å². The number of carbonyl (C=O) groups excluding carboxylic acids is 1. The molecule has 0 spiro atoms. The molecule has 2 aromatic carbocycles. The second-order valence-electron chi connectivity index (χ2n) is 5.41. The molecular weight excluding hydrogens is 382 g/mol. The van der Waals surface area contributed by atoms with E-state index >= 15 is 0 Å².